The summed E-state index contributed by atoms with van der Waals surface area (Å²) in [5, 5.41) is 10.5. The molecule has 0 aliphatic carbocycles. The fourth-order valence-corrected chi connectivity index (χ4v) is 8.49. The largest absolute Gasteiger partial charge is 0.392 e. The van der Waals surface area contributed by atoms with Crippen LogP contribution in [-0.4, -0.2) is 72.2 Å². The van der Waals surface area contributed by atoms with E-state index in [4.69, 9.17) is 9.47 Å². The SMILES string of the molecule is O=S(=O)(Nc1cccc(C2O[C@H](CN3CCN(c4ncccn4)CC3)[C@@H](c3ccccc3)[C@H](c3ccc(CO)cc3)O2)c1)c1cccc2cccnc12. The molecule has 4 heterocycles. The van der Waals surface area contributed by atoms with Crippen molar-refractivity contribution in [3.05, 3.63) is 156 Å². The molecule has 0 radical (unpaired) electrons. The Morgan fingerprint density at radius 2 is 1.43 bits per heavy atom. The number of anilines is 2. The molecule has 11 nitrogen and oxygen atoms in total. The van der Waals surface area contributed by atoms with E-state index >= 15 is 0 Å². The van der Waals surface area contributed by atoms with E-state index in [1.807, 2.05) is 66.7 Å². The first kappa shape index (κ1) is 34.8. The molecule has 0 amide bonds. The van der Waals surface area contributed by atoms with Crippen LogP contribution in [-0.2, 0) is 26.1 Å². The molecule has 2 aliphatic heterocycles. The number of para-hydroxylation sites is 1. The maximum Gasteiger partial charge on any atom is 0.264 e. The lowest BCUT2D eigenvalue weighted by Crippen LogP contribution is -2.51. The number of sulfonamides is 1. The Labute approximate surface area is 308 Å². The number of nitrogens with one attached hydrogen (secondary N) is 1. The number of ether oxygens (including phenoxy) is 2. The molecular formula is C41H40N6O5S. The highest BCUT2D eigenvalue weighted by molar-refractivity contribution is 7.93. The number of hydrogen-bond acceptors (Lipinski definition) is 10. The van der Waals surface area contributed by atoms with E-state index in [9.17, 15) is 13.5 Å². The number of pyridine rings is 1. The smallest absolute Gasteiger partial charge is 0.264 e. The molecule has 8 rings (SSSR count). The van der Waals surface area contributed by atoms with Crippen molar-refractivity contribution in [1.82, 2.24) is 19.9 Å². The van der Waals surface area contributed by atoms with Gasteiger partial charge in [-0.1, -0.05) is 84.9 Å². The zero-order valence-electron chi connectivity index (χ0n) is 29.0. The van der Waals surface area contributed by atoms with Gasteiger partial charge in [-0.3, -0.25) is 14.6 Å². The number of aromatic nitrogens is 3. The van der Waals surface area contributed by atoms with Crippen molar-refractivity contribution in [3.63, 3.8) is 0 Å². The molecule has 0 spiro atoms. The summed E-state index contributed by atoms with van der Waals surface area (Å²) >= 11 is 0. The summed E-state index contributed by atoms with van der Waals surface area (Å²) in [4.78, 5) is 18.0. The van der Waals surface area contributed by atoms with Crippen molar-refractivity contribution < 1.29 is 23.0 Å². The first-order valence-electron chi connectivity index (χ1n) is 17.7. The third-order valence-corrected chi connectivity index (χ3v) is 11.3. The maximum atomic E-state index is 13.7. The second-order valence-corrected chi connectivity index (χ2v) is 14.9. The van der Waals surface area contributed by atoms with Crippen LogP contribution < -0.4 is 9.62 Å². The Balaban J connectivity index is 1.11. The van der Waals surface area contributed by atoms with Gasteiger partial charge in [0.15, 0.2) is 6.29 Å². The van der Waals surface area contributed by atoms with Gasteiger partial charge in [-0.25, -0.2) is 18.4 Å². The minimum Gasteiger partial charge on any atom is -0.392 e. The van der Waals surface area contributed by atoms with Crippen molar-refractivity contribution >= 4 is 32.6 Å². The Kier molecular flexibility index (Phi) is 10.1. The summed E-state index contributed by atoms with van der Waals surface area (Å²) in [5.41, 5.74) is 4.33. The average molecular weight is 729 g/mol. The summed E-state index contributed by atoms with van der Waals surface area (Å²) in [6.07, 6.45) is 3.62. The molecule has 53 heavy (non-hydrogen) atoms. The quantitative estimate of drug-likeness (QED) is 0.171. The van der Waals surface area contributed by atoms with Gasteiger partial charge in [-0.15, -0.1) is 0 Å². The predicted octanol–water partition coefficient (Wildman–Crippen LogP) is 6.08. The highest BCUT2D eigenvalue weighted by Gasteiger charge is 2.43. The molecule has 6 aromatic rings. The predicted molar refractivity (Wildman–Crippen MR) is 203 cm³/mol. The lowest BCUT2D eigenvalue weighted by molar-refractivity contribution is -0.263. The van der Waals surface area contributed by atoms with E-state index in [0.717, 1.165) is 54.2 Å². The number of benzene rings is 4. The summed E-state index contributed by atoms with van der Waals surface area (Å²) < 4.78 is 44.1. The lowest BCUT2D eigenvalue weighted by Gasteiger charge is -2.45. The van der Waals surface area contributed by atoms with Gasteiger partial charge < -0.3 is 19.5 Å². The summed E-state index contributed by atoms with van der Waals surface area (Å²) in [7, 11) is -3.98. The third kappa shape index (κ3) is 7.64. The van der Waals surface area contributed by atoms with Gasteiger partial charge in [-0.2, -0.15) is 0 Å². The van der Waals surface area contributed by atoms with E-state index in [1.54, 1.807) is 55.0 Å². The molecule has 2 saturated heterocycles. The van der Waals surface area contributed by atoms with Gasteiger partial charge in [0, 0.05) is 73.9 Å². The highest BCUT2D eigenvalue weighted by atomic mass is 32.2. The normalized spacial score (nSPS) is 21.0. The van der Waals surface area contributed by atoms with Crippen LogP contribution in [0.5, 0.6) is 0 Å². The standard InChI is InChI=1S/C41H40N6O5S/c48-28-29-15-17-32(18-16-29)39-37(30-8-2-1-3-9-30)35(27-46-22-24-47(25-23-46)41-43-20-7-21-44-41)51-40(52-39)33-11-4-13-34(26-33)45-53(49,50)36-14-5-10-31-12-6-19-42-38(31)36/h1-21,26,35,37,39-40,45,48H,22-25,27-28H2/t35-,37-,39+,40?/m1/s1. The third-order valence-electron chi connectivity index (χ3n) is 9.91. The molecule has 0 bridgehead atoms. The van der Waals surface area contributed by atoms with Crippen LogP contribution >= 0.6 is 0 Å². The number of hydrogen-bond donors (Lipinski definition) is 2. The van der Waals surface area contributed by atoms with Gasteiger partial charge in [-0.05, 0) is 47.0 Å². The number of aliphatic hydroxyl groups is 1. The van der Waals surface area contributed by atoms with E-state index in [-0.39, 0.29) is 23.5 Å². The lowest BCUT2D eigenvalue weighted by atomic mass is 9.83. The van der Waals surface area contributed by atoms with Crippen LogP contribution in [0.25, 0.3) is 10.9 Å². The number of nitrogens with zero attached hydrogens (tertiary/aromatic N) is 5. The van der Waals surface area contributed by atoms with E-state index in [2.05, 4.69) is 41.6 Å². The fourth-order valence-electron chi connectivity index (χ4n) is 7.26. The van der Waals surface area contributed by atoms with Crippen molar-refractivity contribution in [3.8, 4) is 0 Å². The zero-order valence-corrected chi connectivity index (χ0v) is 29.8. The van der Waals surface area contributed by atoms with Crippen molar-refractivity contribution in [2.24, 2.45) is 0 Å². The molecule has 1 unspecified atom stereocenters. The molecule has 2 N–H and O–H groups in total. The topological polar surface area (TPSA) is 130 Å². The maximum absolute atomic E-state index is 13.7. The first-order valence-corrected chi connectivity index (χ1v) is 19.2. The van der Waals surface area contributed by atoms with Crippen LogP contribution in [0.4, 0.5) is 11.6 Å². The molecule has 4 atom stereocenters. The Morgan fingerprint density at radius 3 is 2.21 bits per heavy atom. The molecule has 2 aromatic heterocycles. The molecule has 12 heteroatoms. The van der Waals surface area contributed by atoms with E-state index < -0.39 is 22.4 Å². The van der Waals surface area contributed by atoms with Gasteiger partial charge in [0.25, 0.3) is 10.0 Å². The molecule has 0 saturated carbocycles. The van der Waals surface area contributed by atoms with Gasteiger partial charge in [0.1, 0.15) is 4.90 Å². The Morgan fingerprint density at radius 1 is 0.717 bits per heavy atom. The number of rotatable bonds is 10. The highest BCUT2D eigenvalue weighted by Crippen LogP contribution is 2.47. The van der Waals surface area contributed by atoms with Crippen molar-refractivity contribution in [2.45, 2.75) is 35.9 Å². The second kappa shape index (κ2) is 15.4. The zero-order chi connectivity index (χ0) is 36.2. The van der Waals surface area contributed by atoms with Crippen LogP contribution in [0.1, 0.15) is 40.6 Å². The molecule has 4 aromatic carbocycles. The van der Waals surface area contributed by atoms with Gasteiger partial charge in [0.2, 0.25) is 5.95 Å². The van der Waals surface area contributed by atoms with Crippen molar-refractivity contribution in [1.29, 1.82) is 0 Å². The number of aliphatic hydroxyl groups excluding tert-OH is 1. The second-order valence-electron chi connectivity index (χ2n) is 13.3. The summed E-state index contributed by atoms with van der Waals surface area (Å²) in [5.74, 6) is 0.568. The number of fused-ring (bicyclic) bond motifs is 1. The van der Waals surface area contributed by atoms with Crippen molar-refractivity contribution in [2.75, 3.05) is 42.3 Å². The van der Waals surface area contributed by atoms with E-state index in [1.165, 1.54) is 0 Å². The Bertz CT molecular complexity index is 2250. The summed E-state index contributed by atoms with van der Waals surface area (Å²) in [6, 6.07) is 35.9. The van der Waals surface area contributed by atoms with Crippen LogP contribution in [0.15, 0.2) is 139 Å². The fraction of sp³-hybridized carbons (Fsp3) is 0.244. The van der Waals surface area contributed by atoms with Gasteiger partial charge in [0.05, 0.1) is 24.3 Å². The van der Waals surface area contributed by atoms with Crippen LogP contribution in [0.3, 0.4) is 0 Å². The molecule has 2 fully saturated rings. The Hall–Kier alpha value is -5.24. The van der Waals surface area contributed by atoms with E-state index in [0.29, 0.717) is 23.3 Å². The molecule has 2 aliphatic rings. The number of piperazine rings is 1. The minimum atomic E-state index is -3.98. The van der Waals surface area contributed by atoms with Gasteiger partial charge >= 0.3 is 0 Å². The average Bonchev–Trinajstić information content (AvgIpc) is 3.21. The first-order chi connectivity index (χ1) is 25.9. The van der Waals surface area contributed by atoms with Crippen LogP contribution in [0.2, 0.25) is 0 Å². The van der Waals surface area contributed by atoms with Crippen LogP contribution in [0, 0.1) is 0 Å². The monoisotopic (exact) mass is 728 g/mol. The summed E-state index contributed by atoms with van der Waals surface area (Å²) in [6.45, 7) is 3.78. The molecule has 270 valence electrons. The minimum absolute atomic E-state index is 0.0557. The molecular weight excluding hydrogens is 689 g/mol.